The van der Waals surface area contributed by atoms with Crippen molar-refractivity contribution in [2.75, 3.05) is 6.54 Å². The van der Waals surface area contributed by atoms with Crippen LogP contribution >= 0.6 is 0 Å². The Labute approximate surface area is 86.7 Å². The molecular formula is C13H18N. The van der Waals surface area contributed by atoms with E-state index in [0.29, 0.717) is 0 Å². The number of nitrogens with zero attached hydrogens (tertiary/aromatic N) is 1. The molecule has 0 bridgehead atoms. The van der Waals surface area contributed by atoms with E-state index in [1.165, 1.54) is 31.4 Å². The Morgan fingerprint density at radius 1 is 1.50 bits per heavy atom. The van der Waals surface area contributed by atoms with Gasteiger partial charge in [0.15, 0.2) is 0 Å². The summed E-state index contributed by atoms with van der Waals surface area (Å²) in [4.78, 5) is 2.58. The van der Waals surface area contributed by atoms with Gasteiger partial charge in [-0.3, -0.25) is 4.90 Å². The van der Waals surface area contributed by atoms with Gasteiger partial charge < -0.3 is 0 Å². The molecule has 0 aromatic heterocycles. The van der Waals surface area contributed by atoms with Crippen LogP contribution in [0.25, 0.3) is 0 Å². The number of likely N-dealkylation sites (tertiary alicyclic amines) is 1. The zero-order valence-corrected chi connectivity index (χ0v) is 8.87. The van der Waals surface area contributed by atoms with Crippen molar-refractivity contribution in [2.45, 2.75) is 38.8 Å². The molecule has 1 aromatic carbocycles. The Bertz CT molecular complexity index is 268. The van der Waals surface area contributed by atoms with Crippen LogP contribution in [0.4, 0.5) is 0 Å². The fourth-order valence-corrected chi connectivity index (χ4v) is 2.16. The lowest BCUT2D eigenvalue weighted by Crippen LogP contribution is -2.36. The first-order valence-corrected chi connectivity index (χ1v) is 5.55. The van der Waals surface area contributed by atoms with E-state index in [2.05, 4.69) is 36.1 Å². The summed E-state index contributed by atoms with van der Waals surface area (Å²) >= 11 is 0. The minimum absolute atomic E-state index is 0.754. The van der Waals surface area contributed by atoms with E-state index in [4.69, 9.17) is 0 Å². The molecule has 75 valence electrons. The first-order chi connectivity index (χ1) is 6.86. The van der Waals surface area contributed by atoms with Crippen LogP contribution in [0.15, 0.2) is 24.3 Å². The maximum Gasteiger partial charge on any atom is 0.0236 e. The minimum atomic E-state index is 0.754. The lowest BCUT2D eigenvalue weighted by atomic mass is 10.0. The third-order valence-electron chi connectivity index (χ3n) is 3.10. The molecule has 1 aliphatic heterocycles. The standard InChI is InChI=1S/C13H18N/c1-12-7-5-6-10-14(12)11-13-8-3-2-4-9-13/h2-3,8-9,12H,5-7,10-11H2,1H3. The Morgan fingerprint density at radius 3 is 3.14 bits per heavy atom. The van der Waals surface area contributed by atoms with Crippen molar-refractivity contribution >= 4 is 0 Å². The smallest absolute Gasteiger partial charge is 0.0236 e. The highest BCUT2D eigenvalue weighted by molar-refractivity contribution is 5.13. The van der Waals surface area contributed by atoms with Crippen LogP contribution in [0.5, 0.6) is 0 Å². The molecule has 1 saturated heterocycles. The third kappa shape index (κ3) is 2.36. The van der Waals surface area contributed by atoms with Crippen LogP contribution in [-0.4, -0.2) is 17.5 Å². The average molecular weight is 188 g/mol. The molecule has 0 N–H and O–H groups in total. The predicted molar refractivity (Wildman–Crippen MR) is 59.0 cm³/mol. The second kappa shape index (κ2) is 4.61. The van der Waals surface area contributed by atoms with Gasteiger partial charge in [0, 0.05) is 12.6 Å². The molecule has 1 atom stereocenters. The van der Waals surface area contributed by atoms with Crippen molar-refractivity contribution < 1.29 is 0 Å². The van der Waals surface area contributed by atoms with Gasteiger partial charge in [-0.25, -0.2) is 0 Å². The van der Waals surface area contributed by atoms with E-state index in [1.807, 2.05) is 6.07 Å². The van der Waals surface area contributed by atoms with Gasteiger partial charge in [-0.15, -0.1) is 0 Å². The summed E-state index contributed by atoms with van der Waals surface area (Å²) in [5.41, 5.74) is 1.39. The first kappa shape index (κ1) is 9.72. The molecule has 14 heavy (non-hydrogen) atoms. The zero-order valence-electron chi connectivity index (χ0n) is 8.87. The number of hydrogen-bond donors (Lipinski definition) is 0. The summed E-state index contributed by atoms with van der Waals surface area (Å²) in [6, 6.07) is 12.2. The Kier molecular flexibility index (Phi) is 3.20. The summed E-state index contributed by atoms with van der Waals surface area (Å²) in [5.74, 6) is 0. The van der Waals surface area contributed by atoms with Gasteiger partial charge in [0.1, 0.15) is 0 Å². The van der Waals surface area contributed by atoms with Gasteiger partial charge >= 0.3 is 0 Å². The van der Waals surface area contributed by atoms with Gasteiger partial charge in [-0.1, -0.05) is 24.6 Å². The fourth-order valence-electron chi connectivity index (χ4n) is 2.16. The molecule has 1 aromatic rings. The topological polar surface area (TPSA) is 3.24 Å². The Hall–Kier alpha value is -0.820. The van der Waals surface area contributed by atoms with E-state index >= 15 is 0 Å². The van der Waals surface area contributed by atoms with E-state index < -0.39 is 0 Å². The van der Waals surface area contributed by atoms with Crippen molar-refractivity contribution in [3.8, 4) is 0 Å². The van der Waals surface area contributed by atoms with Crippen molar-refractivity contribution in [3.05, 3.63) is 35.9 Å². The van der Waals surface area contributed by atoms with Gasteiger partial charge in [0.2, 0.25) is 0 Å². The van der Waals surface area contributed by atoms with Crippen LogP contribution in [0.3, 0.4) is 0 Å². The maximum atomic E-state index is 3.14. The number of benzene rings is 1. The third-order valence-corrected chi connectivity index (χ3v) is 3.10. The molecule has 1 unspecified atom stereocenters. The van der Waals surface area contributed by atoms with Crippen LogP contribution in [0, 0.1) is 6.07 Å². The molecule has 1 aliphatic rings. The Balaban J connectivity index is 1.96. The monoisotopic (exact) mass is 188 g/mol. The van der Waals surface area contributed by atoms with Crippen LogP contribution in [-0.2, 0) is 6.54 Å². The van der Waals surface area contributed by atoms with Gasteiger partial charge in [0.25, 0.3) is 0 Å². The molecule has 0 saturated carbocycles. The number of rotatable bonds is 2. The van der Waals surface area contributed by atoms with E-state index in [9.17, 15) is 0 Å². The minimum Gasteiger partial charge on any atom is -0.296 e. The highest BCUT2D eigenvalue weighted by Crippen LogP contribution is 2.18. The lowest BCUT2D eigenvalue weighted by molar-refractivity contribution is 0.152. The molecular weight excluding hydrogens is 170 g/mol. The quantitative estimate of drug-likeness (QED) is 0.690. The molecule has 0 amide bonds. The number of hydrogen-bond acceptors (Lipinski definition) is 1. The van der Waals surface area contributed by atoms with Gasteiger partial charge in [0.05, 0.1) is 0 Å². The number of piperidine rings is 1. The van der Waals surface area contributed by atoms with Gasteiger partial charge in [-0.05, 0) is 44.0 Å². The fraction of sp³-hybridized carbons (Fsp3) is 0.538. The van der Waals surface area contributed by atoms with Crippen LogP contribution in [0.1, 0.15) is 31.7 Å². The summed E-state index contributed by atoms with van der Waals surface area (Å²) < 4.78 is 0. The SMILES string of the molecule is CC1CCCCN1Cc1c[c]ccc1. The highest BCUT2D eigenvalue weighted by Gasteiger charge is 2.17. The van der Waals surface area contributed by atoms with Gasteiger partial charge in [-0.2, -0.15) is 0 Å². The second-order valence-corrected chi connectivity index (χ2v) is 4.23. The molecule has 0 aliphatic carbocycles. The molecule has 1 fully saturated rings. The first-order valence-electron chi connectivity index (χ1n) is 5.55. The normalized spacial score (nSPS) is 23.6. The van der Waals surface area contributed by atoms with Crippen LogP contribution < -0.4 is 0 Å². The Morgan fingerprint density at radius 2 is 2.43 bits per heavy atom. The molecule has 2 rings (SSSR count). The van der Waals surface area contributed by atoms with Crippen molar-refractivity contribution in [1.82, 2.24) is 4.90 Å². The van der Waals surface area contributed by atoms with E-state index in [0.717, 1.165) is 12.6 Å². The molecule has 0 spiro atoms. The summed E-state index contributed by atoms with van der Waals surface area (Å²) in [5, 5.41) is 0. The highest BCUT2D eigenvalue weighted by atomic mass is 15.2. The van der Waals surface area contributed by atoms with Crippen molar-refractivity contribution in [1.29, 1.82) is 0 Å². The molecule has 1 heterocycles. The lowest BCUT2D eigenvalue weighted by Gasteiger charge is -2.33. The van der Waals surface area contributed by atoms with E-state index in [1.54, 1.807) is 0 Å². The molecule has 1 nitrogen and oxygen atoms in total. The average Bonchev–Trinajstić information content (AvgIpc) is 2.23. The molecule has 1 radical (unpaired) electrons. The zero-order chi connectivity index (χ0) is 9.80. The second-order valence-electron chi connectivity index (χ2n) is 4.23. The maximum absolute atomic E-state index is 3.14. The van der Waals surface area contributed by atoms with E-state index in [-0.39, 0.29) is 0 Å². The summed E-state index contributed by atoms with van der Waals surface area (Å²) in [7, 11) is 0. The van der Waals surface area contributed by atoms with Crippen molar-refractivity contribution in [2.24, 2.45) is 0 Å². The summed E-state index contributed by atoms with van der Waals surface area (Å²) in [6.45, 7) is 4.69. The van der Waals surface area contributed by atoms with Crippen molar-refractivity contribution in [3.63, 3.8) is 0 Å². The predicted octanol–water partition coefficient (Wildman–Crippen LogP) is 2.86. The van der Waals surface area contributed by atoms with Crippen LogP contribution in [0.2, 0.25) is 0 Å². The summed E-state index contributed by atoms with van der Waals surface area (Å²) in [6.07, 6.45) is 4.12. The largest absolute Gasteiger partial charge is 0.296 e. The molecule has 1 heteroatoms.